The fraction of sp³-hybridized carbons (Fsp3) is 0.571. The van der Waals surface area contributed by atoms with Gasteiger partial charge in [-0.05, 0) is 31.7 Å². The van der Waals surface area contributed by atoms with E-state index in [9.17, 15) is 0 Å². The van der Waals surface area contributed by atoms with E-state index in [0.29, 0.717) is 6.04 Å². The summed E-state index contributed by atoms with van der Waals surface area (Å²) in [5.74, 6) is 1.86. The Balaban J connectivity index is 2.18. The van der Waals surface area contributed by atoms with Gasteiger partial charge in [-0.1, -0.05) is 0 Å². The zero-order chi connectivity index (χ0) is 13.1. The molecule has 1 aromatic carbocycles. The average molecular weight is 250 g/mol. The second kappa shape index (κ2) is 5.59. The first-order valence-electron chi connectivity index (χ1n) is 6.28. The summed E-state index contributed by atoms with van der Waals surface area (Å²) in [4.78, 5) is 2.35. The molecular formula is C14H22N2O2. The first kappa shape index (κ1) is 13.2. The van der Waals surface area contributed by atoms with Gasteiger partial charge in [-0.15, -0.1) is 0 Å². The monoisotopic (exact) mass is 250 g/mol. The molecule has 0 atom stereocenters. The van der Waals surface area contributed by atoms with Crippen LogP contribution in [0, 0.1) is 6.92 Å². The molecule has 1 saturated heterocycles. The van der Waals surface area contributed by atoms with E-state index in [-0.39, 0.29) is 0 Å². The fourth-order valence-corrected chi connectivity index (χ4v) is 2.22. The van der Waals surface area contributed by atoms with Crippen LogP contribution >= 0.6 is 0 Å². The van der Waals surface area contributed by atoms with Gasteiger partial charge in [0.15, 0.2) is 0 Å². The predicted molar refractivity (Wildman–Crippen MR) is 72.4 cm³/mol. The molecule has 18 heavy (non-hydrogen) atoms. The van der Waals surface area contributed by atoms with E-state index in [4.69, 9.17) is 9.47 Å². The SMILES string of the molecule is COc1cc(CN(C)C2CNC2)c(OC)cc1C. The van der Waals surface area contributed by atoms with Crippen LogP contribution in [0.1, 0.15) is 11.1 Å². The molecule has 0 saturated carbocycles. The number of ether oxygens (including phenoxy) is 2. The van der Waals surface area contributed by atoms with Crippen molar-refractivity contribution >= 4 is 0 Å². The lowest BCUT2D eigenvalue weighted by Crippen LogP contribution is -2.55. The first-order chi connectivity index (χ1) is 8.65. The number of aryl methyl sites for hydroxylation is 1. The van der Waals surface area contributed by atoms with Crippen LogP contribution in [0.3, 0.4) is 0 Å². The van der Waals surface area contributed by atoms with Crippen molar-refractivity contribution in [2.24, 2.45) is 0 Å². The Kier molecular flexibility index (Phi) is 4.09. The zero-order valence-corrected chi connectivity index (χ0v) is 11.6. The standard InChI is InChI=1S/C14H22N2O2/c1-10-5-14(18-4)11(6-13(10)17-3)9-16(2)12-7-15-8-12/h5-6,12,15H,7-9H2,1-4H3. The van der Waals surface area contributed by atoms with Crippen LogP contribution in [0.25, 0.3) is 0 Å². The van der Waals surface area contributed by atoms with Gasteiger partial charge in [0.1, 0.15) is 11.5 Å². The van der Waals surface area contributed by atoms with Gasteiger partial charge in [-0.3, -0.25) is 4.90 Å². The van der Waals surface area contributed by atoms with E-state index in [1.54, 1.807) is 14.2 Å². The summed E-state index contributed by atoms with van der Waals surface area (Å²) in [7, 11) is 5.57. The lowest BCUT2D eigenvalue weighted by atomic mass is 10.1. The van der Waals surface area contributed by atoms with Crippen molar-refractivity contribution in [3.8, 4) is 11.5 Å². The van der Waals surface area contributed by atoms with Crippen LogP contribution in [0.2, 0.25) is 0 Å². The summed E-state index contributed by atoms with van der Waals surface area (Å²) in [6, 6.07) is 4.75. The molecule has 2 rings (SSSR count). The number of nitrogens with zero attached hydrogens (tertiary/aromatic N) is 1. The van der Waals surface area contributed by atoms with Crippen molar-refractivity contribution in [1.82, 2.24) is 10.2 Å². The third kappa shape index (κ3) is 2.60. The van der Waals surface area contributed by atoms with E-state index >= 15 is 0 Å². The summed E-state index contributed by atoms with van der Waals surface area (Å²) < 4.78 is 10.8. The molecule has 0 aliphatic carbocycles. The molecule has 4 nitrogen and oxygen atoms in total. The lowest BCUT2D eigenvalue weighted by molar-refractivity contribution is 0.171. The second-order valence-electron chi connectivity index (χ2n) is 4.86. The van der Waals surface area contributed by atoms with Gasteiger partial charge in [0.2, 0.25) is 0 Å². The summed E-state index contributed by atoms with van der Waals surface area (Å²) >= 11 is 0. The van der Waals surface area contributed by atoms with Gasteiger partial charge < -0.3 is 14.8 Å². The average Bonchev–Trinajstić information content (AvgIpc) is 2.28. The molecule has 1 aromatic rings. The Morgan fingerprint density at radius 1 is 1.22 bits per heavy atom. The summed E-state index contributed by atoms with van der Waals surface area (Å²) in [5, 5.41) is 3.29. The minimum atomic E-state index is 0.627. The van der Waals surface area contributed by atoms with Gasteiger partial charge in [0.25, 0.3) is 0 Å². The molecule has 1 heterocycles. The smallest absolute Gasteiger partial charge is 0.123 e. The van der Waals surface area contributed by atoms with Crippen LogP contribution in [0.5, 0.6) is 11.5 Å². The van der Waals surface area contributed by atoms with Crippen molar-refractivity contribution in [3.05, 3.63) is 23.3 Å². The van der Waals surface area contributed by atoms with E-state index in [1.165, 1.54) is 5.56 Å². The molecule has 0 spiro atoms. The van der Waals surface area contributed by atoms with E-state index in [2.05, 4.69) is 23.3 Å². The normalized spacial score (nSPS) is 15.6. The van der Waals surface area contributed by atoms with Crippen LogP contribution in [0.4, 0.5) is 0 Å². The van der Waals surface area contributed by atoms with Crippen molar-refractivity contribution < 1.29 is 9.47 Å². The molecule has 1 aliphatic heterocycles. The van der Waals surface area contributed by atoms with Gasteiger partial charge in [0.05, 0.1) is 14.2 Å². The Bertz CT molecular complexity index is 417. The first-order valence-corrected chi connectivity index (χ1v) is 6.28. The molecule has 1 N–H and O–H groups in total. The molecule has 1 fully saturated rings. The molecule has 0 aromatic heterocycles. The Morgan fingerprint density at radius 2 is 1.89 bits per heavy atom. The van der Waals surface area contributed by atoms with Crippen LogP contribution in [-0.2, 0) is 6.54 Å². The lowest BCUT2D eigenvalue weighted by Gasteiger charge is -2.36. The van der Waals surface area contributed by atoms with Gasteiger partial charge in [-0.2, -0.15) is 0 Å². The maximum atomic E-state index is 5.46. The second-order valence-corrected chi connectivity index (χ2v) is 4.86. The van der Waals surface area contributed by atoms with E-state index in [1.807, 2.05) is 13.0 Å². The summed E-state index contributed by atoms with van der Waals surface area (Å²) in [6.45, 7) is 5.06. The minimum Gasteiger partial charge on any atom is -0.496 e. The predicted octanol–water partition coefficient (Wildman–Crippen LogP) is 1.42. The fourth-order valence-electron chi connectivity index (χ4n) is 2.22. The van der Waals surface area contributed by atoms with Crippen LogP contribution < -0.4 is 14.8 Å². The molecule has 0 radical (unpaired) electrons. The van der Waals surface area contributed by atoms with Crippen molar-refractivity contribution in [3.63, 3.8) is 0 Å². The van der Waals surface area contributed by atoms with Crippen molar-refractivity contribution in [1.29, 1.82) is 0 Å². The Labute approximate surface area is 109 Å². The molecule has 0 bridgehead atoms. The van der Waals surface area contributed by atoms with Crippen LogP contribution in [-0.4, -0.2) is 45.3 Å². The number of rotatable bonds is 5. The van der Waals surface area contributed by atoms with Gasteiger partial charge >= 0.3 is 0 Å². The van der Waals surface area contributed by atoms with E-state index < -0.39 is 0 Å². The molecule has 100 valence electrons. The zero-order valence-electron chi connectivity index (χ0n) is 11.6. The largest absolute Gasteiger partial charge is 0.496 e. The highest BCUT2D eigenvalue weighted by Gasteiger charge is 2.22. The Hall–Kier alpha value is -1.26. The number of nitrogens with one attached hydrogen (secondary N) is 1. The maximum Gasteiger partial charge on any atom is 0.123 e. The number of hydrogen-bond acceptors (Lipinski definition) is 4. The third-order valence-corrected chi connectivity index (χ3v) is 3.60. The third-order valence-electron chi connectivity index (χ3n) is 3.60. The minimum absolute atomic E-state index is 0.627. The Morgan fingerprint density at radius 3 is 2.39 bits per heavy atom. The number of likely N-dealkylation sites (N-methyl/N-ethyl adjacent to an activating group) is 1. The number of methoxy groups -OCH3 is 2. The maximum absolute atomic E-state index is 5.46. The highest BCUT2D eigenvalue weighted by Crippen LogP contribution is 2.29. The van der Waals surface area contributed by atoms with Gasteiger partial charge in [0, 0.05) is 31.2 Å². The van der Waals surface area contributed by atoms with Crippen molar-refractivity contribution in [2.75, 3.05) is 34.4 Å². The number of benzene rings is 1. The molecule has 0 amide bonds. The number of hydrogen-bond donors (Lipinski definition) is 1. The van der Waals surface area contributed by atoms with E-state index in [0.717, 1.165) is 36.7 Å². The summed E-state index contributed by atoms with van der Waals surface area (Å²) in [5.41, 5.74) is 2.28. The molecule has 4 heteroatoms. The van der Waals surface area contributed by atoms with Crippen molar-refractivity contribution in [2.45, 2.75) is 19.5 Å². The molecular weight excluding hydrogens is 228 g/mol. The quantitative estimate of drug-likeness (QED) is 0.857. The van der Waals surface area contributed by atoms with Gasteiger partial charge in [-0.25, -0.2) is 0 Å². The van der Waals surface area contributed by atoms with Crippen LogP contribution in [0.15, 0.2) is 12.1 Å². The highest BCUT2D eigenvalue weighted by molar-refractivity contribution is 5.45. The highest BCUT2D eigenvalue weighted by atomic mass is 16.5. The summed E-state index contributed by atoms with van der Waals surface area (Å²) in [6.07, 6.45) is 0. The molecule has 1 aliphatic rings. The molecule has 0 unspecified atom stereocenters. The topological polar surface area (TPSA) is 33.7 Å².